The normalized spacial score (nSPS) is 15.5. The SMILES string of the molecule is COC(Cl)C(Cl)(Cl)OC(C)C. The summed E-state index contributed by atoms with van der Waals surface area (Å²) in [5.41, 5.74) is -0.867. The first-order valence-corrected chi connectivity index (χ1v) is 4.32. The van der Waals surface area contributed by atoms with Gasteiger partial charge in [-0.2, -0.15) is 0 Å². The van der Waals surface area contributed by atoms with Crippen molar-refractivity contribution in [2.75, 3.05) is 7.11 Å². The Hall–Kier alpha value is 0.790. The Morgan fingerprint density at radius 1 is 1.27 bits per heavy atom. The van der Waals surface area contributed by atoms with Crippen LogP contribution < -0.4 is 0 Å². The largest absolute Gasteiger partial charge is 0.360 e. The average molecular weight is 222 g/mol. The Morgan fingerprint density at radius 2 is 1.73 bits per heavy atom. The Balaban J connectivity index is 3.98. The third-order valence-electron chi connectivity index (χ3n) is 0.864. The van der Waals surface area contributed by atoms with Crippen molar-refractivity contribution in [1.29, 1.82) is 0 Å². The number of hydrogen-bond donors (Lipinski definition) is 0. The van der Waals surface area contributed by atoms with E-state index in [-0.39, 0.29) is 6.10 Å². The zero-order valence-corrected chi connectivity index (χ0v) is 8.87. The summed E-state index contributed by atoms with van der Waals surface area (Å²) in [6, 6.07) is 0. The van der Waals surface area contributed by atoms with Crippen molar-refractivity contribution in [2.24, 2.45) is 0 Å². The molecule has 0 aromatic heterocycles. The van der Waals surface area contributed by atoms with Crippen LogP contribution >= 0.6 is 34.8 Å². The molecule has 1 atom stereocenters. The van der Waals surface area contributed by atoms with Crippen LogP contribution in [0.4, 0.5) is 0 Å². The molecule has 2 nitrogen and oxygen atoms in total. The lowest BCUT2D eigenvalue weighted by atomic mass is 10.5. The molecule has 1 unspecified atom stereocenters. The predicted octanol–water partition coefficient (Wildman–Crippen LogP) is 2.75. The maximum atomic E-state index is 5.67. The summed E-state index contributed by atoms with van der Waals surface area (Å²) in [5, 5.41) is 0. The van der Waals surface area contributed by atoms with E-state index >= 15 is 0 Å². The number of halogens is 3. The lowest BCUT2D eigenvalue weighted by molar-refractivity contribution is -0.0311. The fourth-order valence-corrected chi connectivity index (χ4v) is 1.09. The van der Waals surface area contributed by atoms with Crippen LogP contribution in [0, 0.1) is 0 Å². The number of rotatable bonds is 4. The highest BCUT2D eigenvalue weighted by Gasteiger charge is 2.35. The van der Waals surface area contributed by atoms with E-state index in [0.717, 1.165) is 0 Å². The topological polar surface area (TPSA) is 18.5 Å². The first-order chi connectivity index (χ1) is 4.90. The second-order valence-corrected chi connectivity index (χ2v) is 3.99. The van der Waals surface area contributed by atoms with Crippen LogP contribution in [-0.2, 0) is 9.47 Å². The molecule has 0 amide bonds. The van der Waals surface area contributed by atoms with Gasteiger partial charge in [-0.15, -0.1) is 0 Å². The molecule has 68 valence electrons. The van der Waals surface area contributed by atoms with Crippen molar-refractivity contribution in [1.82, 2.24) is 0 Å². The van der Waals surface area contributed by atoms with Gasteiger partial charge in [0.2, 0.25) is 0 Å². The molecule has 5 heteroatoms. The Morgan fingerprint density at radius 3 is 2.00 bits per heavy atom. The van der Waals surface area contributed by atoms with Crippen LogP contribution in [-0.4, -0.2) is 23.3 Å². The van der Waals surface area contributed by atoms with Crippen LogP contribution in [0.5, 0.6) is 0 Å². The highest BCUT2D eigenvalue weighted by molar-refractivity contribution is 6.50. The minimum Gasteiger partial charge on any atom is -0.360 e. The fraction of sp³-hybridized carbons (Fsp3) is 1.00. The Labute approximate surface area is 81.7 Å². The van der Waals surface area contributed by atoms with Gasteiger partial charge < -0.3 is 9.47 Å². The molecule has 0 fully saturated rings. The molecule has 0 aromatic carbocycles. The molecule has 0 aliphatic heterocycles. The van der Waals surface area contributed by atoms with Gasteiger partial charge in [0.15, 0.2) is 5.56 Å². The molecule has 0 saturated heterocycles. The molecule has 0 aliphatic rings. The van der Waals surface area contributed by atoms with E-state index in [9.17, 15) is 0 Å². The monoisotopic (exact) mass is 220 g/mol. The van der Waals surface area contributed by atoms with Crippen LogP contribution in [0.15, 0.2) is 0 Å². The first kappa shape index (κ1) is 11.8. The average Bonchev–Trinajstić information content (AvgIpc) is 1.83. The van der Waals surface area contributed by atoms with Crippen molar-refractivity contribution < 1.29 is 9.47 Å². The number of alkyl halides is 3. The predicted molar refractivity (Wildman–Crippen MR) is 47.3 cm³/mol. The maximum absolute atomic E-state index is 5.67. The van der Waals surface area contributed by atoms with Gasteiger partial charge in [0, 0.05) is 7.11 Å². The van der Waals surface area contributed by atoms with Crippen LogP contribution in [0.2, 0.25) is 0 Å². The van der Waals surface area contributed by atoms with Crippen molar-refractivity contribution in [3.8, 4) is 0 Å². The van der Waals surface area contributed by atoms with E-state index in [1.54, 1.807) is 13.8 Å². The van der Waals surface area contributed by atoms with E-state index in [2.05, 4.69) is 0 Å². The summed E-state index contributed by atoms with van der Waals surface area (Å²) in [7, 11) is 1.40. The summed E-state index contributed by atoms with van der Waals surface area (Å²) in [4.78, 5) is 0. The second kappa shape index (κ2) is 4.73. The number of hydrogen-bond acceptors (Lipinski definition) is 2. The molecule has 0 saturated carbocycles. The molecule has 11 heavy (non-hydrogen) atoms. The molecular weight excluding hydrogens is 210 g/mol. The van der Waals surface area contributed by atoms with Crippen LogP contribution in [0.3, 0.4) is 0 Å². The molecule has 0 bridgehead atoms. The lowest BCUT2D eigenvalue weighted by Crippen LogP contribution is -2.33. The minimum absolute atomic E-state index is 0.0959. The van der Waals surface area contributed by atoms with Gasteiger partial charge in [-0.25, -0.2) is 0 Å². The van der Waals surface area contributed by atoms with Gasteiger partial charge in [-0.05, 0) is 13.8 Å². The molecule has 0 N–H and O–H groups in total. The summed E-state index contributed by atoms with van der Waals surface area (Å²) in [6.45, 7) is 3.61. The quantitative estimate of drug-likeness (QED) is 0.680. The third-order valence-corrected chi connectivity index (χ3v) is 2.15. The van der Waals surface area contributed by atoms with Gasteiger partial charge in [-0.1, -0.05) is 34.8 Å². The van der Waals surface area contributed by atoms with E-state index in [1.807, 2.05) is 0 Å². The van der Waals surface area contributed by atoms with E-state index in [0.29, 0.717) is 0 Å². The number of methoxy groups -OCH3 is 1. The highest BCUT2D eigenvalue weighted by atomic mass is 35.5. The lowest BCUT2D eigenvalue weighted by Gasteiger charge is -2.25. The maximum Gasteiger partial charge on any atom is 0.258 e. The fourth-order valence-electron chi connectivity index (χ4n) is 0.505. The van der Waals surface area contributed by atoms with Crippen molar-refractivity contribution >= 4 is 34.8 Å². The van der Waals surface area contributed by atoms with Gasteiger partial charge in [0.25, 0.3) is 4.52 Å². The molecule has 0 aromatic rings. The third kappa shape index (κ3) is 4.38. The summed E-state index contributed by atoms with van der Waals surface area (Å²) < 4.78 is 8.27. The van der Waals surface area contributed by atoms with Crippen molar-refractivity contribution in [3.05, 3.63) is 0 Å². The van der Waals surface area contributed by atoms with E-state index < -0.39 is 10.1 Å². The Bertz CT molecular complexity index is 116. The molecule has 0 aliphatic carbocycles. The molecule has 0 radical (unpaired) electrons. The van der Waals surface area contributed by atoms with Crippen LogP contribution in [0.1, 0.15) is 13.8 Å². The van der Waals surface area contributed by atoms with Gasteiger partial charge in [0.1, 0.15) is 0 Å². The van der Waals surface area contributed by atoms with E-state index in [4.69, 9.17) is 44.3 Å². The second-order valence-electron chi connectivity index (χ2n) is 2.28. The van der Waals surface area contributed by atoms with Crippen molar-refractivity contribution in [2.45, 2.75) is 30.0 Å². The first-order valence-electron chi connectivity index (χ1n) is 3.12. The minimum atomic E-state index is -1.48. The van der Waals surface area contributed by atoms with Gasteiger partial charge in [0.05, 0.1) is 6.10 Å². The van der Waals surface area contributed by atoms with Gasteiger partial charge in [-0.3, -0.25) is 0 Å². The molecular formula is C6H11Cl3O2. The standard InChI is InChI=1S/C6H11Cl3O2/c1-4(2)11-6(8,9)5(7)10-3/h4-5H,1-3H3. The summed E-state index contributed by atoms with van der Waals surface area (Å²) in [6.07, 6.45) is -0.0959. The highest BCUT2D eigenvalue weighted by Crippen LogP contribution is 2.32. The zero-order valence-electron chi connectivity index (χ0n) is 6.61. The molecule has 0 spiro atoms. The van der Waals surface area contributed by atoms with Gasteiger partial charge >= 0.3 is 0 Å². The van der Waals surface area contributed by atoms with E-state index in [1.165, 1.54) is 7.11 Å². The molecule has 0 heterocycles. The Kier molecular flexibility index (Phi) is 5.07. The zero-order chi connectivity index (χ0) is 9.07. The smallest absolute Gasteiger partial charge is 0.258 e. The molecule has 0 rings (SSSR count). The summed E-state index contributed by atoms with van der Waals surface area (Å²) >= 11 is 16.9. The van der Waals surface area contributed by atoms with Crippen LogP contribution in [0.25, 0.3) is 0 Å². The number of ether oxygens (including phenoxy) is 2. The van der Waals surface area contributed by atoms with Crippen molar-refractivity contribution in [3.63, 3.8) is 0 Å². The summed E-state index contributed by atoms with van der Waals surface area (Å²) in [5.74, 6) is 0.